The van der Waals surface area contributed by atoms with Crippen LogP contribution in [0.15, 0.2) is 18.2 Å². The fourth-order valence-electron chi connectivity index (χ4n) is 1.72. The number of nitro groups is 1. The summed E-state index contributed by atoms with van der Waals surface area (Å²) in [6.07, 6.45) is 1.52. The van der Waals surface area contributed by atoms with E-state index in [1.165, 1.54) is 12.1 Å². The second kappa shape index (κ2) is 7.65. The van der Waals surface area contributed by atoms with Crippen LogP contribution in [0.3, 0.4) is 0 Å². The van der Waals surface area contributed by atoms with Crippen LogP contribution in [0.4, 0.5) is 15.8 Å². The lowest BCUT2D eigenvalue weighted by Crippen LogP contribution is -2.26. The Hall–Kier alpha value is -1.73. The van der Waals surface area contributed by atoms with Gasteiger partial charge in [-0.3, -0.25) is 10.1 Å². The Labute approximate surface area is 110 Å². The molecule has 0 heterocycles. The quantitative estimate of drug-likeness (QED) is 0.556. The molecule has 0 aliphatic heterocycles. The molecular weight excluding hydrogens is 253 g/mol. The molecule has 0 aromatic heterocycles. The van der Waals surface area contributed by atoms with Gasteiger partial charge in [0, 0.05) is 19.2 Å². The van der Waals surface area contributed by atoms with Crippen LogP contribution < -0.4 is 11.1 Å². The molecule has 0 amide bonds. The van der Waals surface area contributed by atoms with Crippen molar-refractivity contribution < 1.29 is 14.1 Å². The van der Waals surface area contributed by atoms with Gasteiger partial charge < -0.3 is 15.8 Å². The molecule has 1 atom stereocenters. The SMILES string of the molecule is COCC(CCCN)Nc1ccc([N+](=O)[O-])cc1F. The average molecular weight is 271 g/mol. The third kappa shape index (κ3) is 4.80. The number of anilines is 1. The van der Waals surface area contributed by atoms with E-state index in [0.717, 1.165) is 18.9 Å². The molecule has 0 saturated heterocycles. The van der Waals surface area contributed by atoms with Crippen molar-refractivity contribution in [2.24, 2.45) is 5.73 Å². The first kappa shape index (κ1) is 15.3. The number of benzene rings is 1. The molecule has 0 aliphatic rings. The number of methoxy groups -OCH3 is 1. The Kier molecular flexibility index (Phi) is 6.17. The highest BCUT2D eigenvalue weighted by atomic mass is 19.1. The van der Waals surface area contributed by atoms with E-state index >= 15 is 0 Å². The minimum atomic E-state index is -0.650. The molecule has 19 heavy (non-hydrogen) atoms. The van der Waals surface area contributed by atoms with E-state index in [2.05, 4.69) is 5.32 Å². The predicted octanol–water partition coefficient (Wildman–Crippen LogP) is 1.90. The van der Waals surface area contributed by atoms with Gasteiger partial charge in [0.25, 0.3) is 5.69 Å². The van der Waals surface area contributed by atoms with Gasteiger partial charge in [-0.25, -0.2) is 4.39 Å². The largest absolute Gasteiger partial charge is 0.383 e. The number of rotatable bonds is 8. The fourth-order valence-corrected chi connectivity index (χ4v) is 1.72. The lowest BCUT2D eigenvalue weighted by molar-refractivity contribution is -0.385. The maximum atomic E-state index is 13.7. The van der Waals surface area contributed by atoms with Gasteiger partial charge in [0.1, 0.15) is 0 Å². The van der Waals surface area contributed by atoms with Gasteiger partial charge in [-0.15, -0.1) is 0 Å². The van der Waals surface area contributed by atoms with Crippen LogP contribution in [-0.2, 0) is 4.74 Å². The van der Waals surface area contributed by atoms with Gasteiger partial charge >= 0.3 is 0 Å². The zero-order chi connectivity index (χ0) is 14.3. The smallest absolute Gasteiger partial charge is 0.272 e. The van der Waals surface area contributed by atoms with Crippen LogP contribution in [0.1, 0.15) is 12.8 Å². The molecule has 0 radical (unpaired) electrons. The second-order valence-electron chi connectivity index (χ2n) is 4.15. The van der Waals surface area contributed by atoms with Crippen molar-refractivity contribution in [3.8, 4) is 0 Å². The summed E-state index contributed by atoms with van der Waals surface area (Å²) in [4.78, 5) is 9.88. The predicted molar refractivity (Wildman–Crippen MR) is 70.6 cm³/mol. The maximum Gasteiger partial charge on any atom is 0.272 e. The molecule has 1 rings (SSSR count). The van der Waals surface area contributed by atoms with E-state index in [0.29, 0.717) is 13.2 Å². The van der Waals surface area contributed by atoms with E-state index in [4.69, 9.17) is 10.5 Å². The lowest BCUT2D eigenvalue weighted by Gasteiger charge is -2.19. The maximum absolute atomic E-state index is 13.7. The number of hydrogen-bond acceptors (Lipinski definition) is 5. The van der Waals surface area contributed by atoms with Crippen molar-refractivity contribution in [2.75, 3.05) is 25.6 Å². The first-order valence-corrected chi connectivity index (χ1v) is 5.98. The lowest BCUT2D eigenvalue weighted by atomic mass is 10.1. The van der Waals surface area contributed by atoms with E-state index in [9.17, 15) is 14.5 Å². The first-order chi connectivity index (χ1) is 9.08. The Balaban J connectivity index is 2.75. The van der Waals surface area contributed by atoms with Crippen LogP contribution in [0.5, 0.6) is 0 Å². The minimum Gasteiger partial charge on any atom is -0.383 e. The topological polar surface area (TPSA) is 90.4 Å². The van der Waals surface area contributed by atoms with E-state index in [-0.39, 0.29) is 17.4 Å². The molecule has 0 bridgehead atoms. The number of non-ortho nitro benzene ring substituents is 1. The van der Waals surface area contributed by atoms with Crippen molar-refractivity contribution in [1.82, 2.24) is 0 Å². The second-order valence-corrected chi connectivity index (χ2v) is 4.15. The summed E-state index contributed by atoms with van der Waals surface area (Å²) in [6, 6.07) is 3.44. The molecule has 0 spiro atoms. The Bertz CT molecular complexity index is 429. The summed E-state index contributed by atoms with van der Waals surface area (Å²) in [6.45, 7) is 0.959. The van der Waals surface area contributed by atoms with Gasteiger partial charge in [-0.2, -0.15) is 0 Å². The zero-order valence-electron chi connectivity index (χ0n) is 10.8. The number of hydrogen-bond donors (Lipinski definition) is 2. The van der Waals surface area contributed by atoms with Crippen molar-refractivity contribution in [3.05, 3.63) is 34.1 Å². The van der Waals surface area contributed by atoms with E-state index < -0.39 is 10.7 Å². The van der Waals surface area contributed by atoms with Crippen molar-refractivity contribution in [1.29, 1.82) is 0 Å². The summed E-state index contributed by atoms with van der Waals surface area (Å²) < 4.78 is 18.7. The number of nitrogens with two attached hydrogens (primary N) is 1. The summed E-state index contributed by atoms with van der Waals surface area (Å²) in [5.74, 6) is -0.650. The summed E-state index contributed by atoms with van der Waals surface area (Å²) >= 11 is 0. The van der Waals surface area contributed by atoms with Gasteiger partial charge in [0.2, 0.25) is 0 Å². The molecular formula is C12H18FN3O3. The number of nitrogens with zero attached hydrogens (tertiary/aromatic N) is 1. The number of nitro benzene ring substituents is 1. The summed E-state index contributed by atoms with van der Waals surface area (Å²) in [7, 11) is 1.56. The molecule has 7 heteroatoms. The molecule has 3 N–H and O–H groups in total. The molecule has 0 saturated carbocycles. The van der Waals surface area contributed by atoms with Crippen LogP contribution in [0.2, 0.25) is 0 Å². The highest BCUT2D eigenvalue weighted by Crippen LogP contribution is 2.21. The monoisotopic (exact) mass is 271 g/mol. The summed E-state index contributed by atoms with van der Waals surface area (Å²) in [5, 5.41) is 13.5. The highest BCUT2D eigenvalue weighted by Gasteiger charge is 2.14. The zero-order valence-corrected chi connectivity index (χ0v) is 10.8. The van der Waals surface area contributed by atoms with Crippen LogP contribution in [-0.4, -0.2) is 31.2 Å². The van der Waals surface area contributed by atoms with E-state index in [1.54, 1.807) is 7.11 Å². The van der Waals surface area contributed by atoms with Crippen LogP contribution >= 0.6 is 0 Å². The molecule has 6 nitrogen and oxygen atoms in total. The average Bonchev–Trinajstić information content (AvgIpc) is 2.38. The van der Waals surface area contributed by atoms with E-state index in [1.807, 2.05) is 0 Å². The normalized spacial score (nSPS) is 12.2. The number of ether oxygens (including phenoxy) is 1. The molecule has 1 aromatic rings. The van der Waals surface area contributed by atoms with Crippen LogP contribution in [0, 0.1) is 15.9 Å². The molecule has 1 unspecified atom stereocenters. The molecule has 0 aliphatic carbocycles. The Morgan fingerprint density at radius 3 is 2.84 bits per heavy atom. The third-order valence-electron chi connectivity index (χ3n) is 2.65. The van der Waals surface area contributed by atoms with Crippen molar-refractivity contribution in [3.63, 3.8) is 0 Å². The number of nitrogens with one attached hydrogen (secondary N) is 1. The van der Waals surface area contributed by atoms with Gasteiger partial charge in [-0.1, -0.05) is 0 Å². The Morgan fingerprint density at radius 1 is 1.58 bits per heavy atom. The molecule has 1 aromatic carbocycles. The van der Waals surface area contributed by atoms with Crippen LogP contribution in [0.25, 0.3) is 0 Å². The third-order valence-corrected chi connectivity index (χ3v) is 2.65. The standard InChI is InChI=1S/C12H18FN3O3/c1-19-8-9(3-2-6-14)15-12-5-4-10(16(17)18)7-11(12)13/h4-5,7,9,15H,2-3,6,8,14H2,1H3. The van der Waals surface area contributed by atoms with Crippen molar-refractivity contribution in [2.45, 2.75) is 18.9 Å². The Morgan fingerprint density at radius 2 is 2.32 bits per heavy atom. The van der Waals surface area contributed by atoms with Gasteiger partial charge in [0.05, 0.1) is 23.3 Å². The highest BCUT2D eigenvalue weighted by molar-refractivity contribution is 5.50. The van der Waals surface area contributed by atoms with Gasteiger partial charge in [-0.05, 0) is 25.5 Å². The molecule has 0 fully saturated rings. The molecule has 106 valence electrons. The fraction of sp³-hybridized carbons (Fsp3) is 0.500. The first-order valence-electron chi connectivity index (χ1n) is 5.98. The van der Waals surface area contributed by atoms with Crippen molar-refractivity contribution >= 4 is 11.4 Å². The van der Waals surface area contributed by atoms with Gasteiger partial charge in [0.15, 0.2) is 5.82 Å². The minimum absolute atomic E-state index is 0.0792. The summed E-state index contributed by atoms with van der Waals surface area (Å²) in [5.41, 5.74) is 5.39. The number of halogens is 1.